The first kappa shape index (κ1) is 11.5. The highest BCUT2D eigenvalue weighted by Gasteiger charge is 2.33. The lowest BCUT2D eigenvalue weighted by Gasteiger charge is -2.26. The normalized spacial score (nSPS) is 24.7. The van der Waals surface area contributed by atoms with Crippen molar-refractivity contribution in [2.24, 2.45) is 0 Å². The van der Waals surface area contributed by atoms with E-state index in [4.69, 9.17) is 4.74 Å². The van der Waals surface area contributed by atoms with Gasteiger partial charge in [0.15, 0.2) is 0 Å². The molecular weight excluding hydrogens is 198 g/mol. The van der Waals surface area contributed by atoms with Crippen molar-refractivity contribution in [3.05, 3.63) is 29.3 Å². The van der Waals surface area contributed by atoms with Crippen LogP contribution in [0.4, 0.5) is 0 Å². The third-order valence-electron chi connectivity index (χ3n) is 3.69. The Labute approximate surface area is 98.0 Å². The minimum atomic E-state index is 0.233. The summed E-state index contributed by atoms with van der Waals surface area (Å²) >= 11 is 0. The van der Waals surface area contributed by atoms with Crippen molar-refractivity contribution >= 4 is 0 Å². The van der Waals surface area contributed by atoms with Crippen LogP contribution in [0.15, 0.2) is 18.2 Å². The maximum atomic E-state index is 5.49. The summed E-state index contributed by atoms with van der Waals surface area (Å²) in [6, 6.07) is 6.58. The molecule has 2 heteroatoms. The van der Waals surface area contributed by atoms with Gasteiger partial charge in [-0.1, -0.05) is 26.0 Å². The molecule has 2 rings (SSSR count). The summed E-state index contributed by atoms with van der Waals surface area (Å²) in [5, 5.41) is 3.44. The van der Waals surface area contributed by atoms with Gasteiger partial charge in [0.25, 0.3) is 0 Å². The van der Waals surface area contributed by atoms with Gasteiger partial charge >= 0.3 is 0 Å². The van der Waals surface area contributed by atoms with Crippen molar-refractivity contribution in [3.8, 4) is 5.75 Å². The Morgan fingerprint density at radius 2 is 2.25 bits per heavy atom. The van der Waals surface area contributed by atoms with Gasteiger partial charge in [-0.05, 0) is 31.0 Å². The highest BCUT2D eigenvalue weighted by Crippen LogP contribution is 2.36. The zero-order valence-corrected chi connectivity index (χ0v) is 10.5. The maximum Gasteiger partial charge on any atom is 0.122 e. The van der Waals surface area contributed by atoms with Crippen LogP contribution in [0.1, 0.15) is 31.4 Å². The van der Waals surface area contributed by atoms with Crippen LogP contribution in [0.5, 0.6) is 5.75 Å². The van der Waals surface area contributed by atoms with Crippen LogP contribution >= 0.6 is 0 Å². The number of ether oxygens (including phenoxy) is 1. The van der Waals surface area contributed by atoms with Crippen LogP contribution in [0.25, 0.3) is 0 Å². The second-order valence-corrected chi connectivity index (χ2v) is 4.88. The fourth-order valence-corrected chi connectivity index (χ4v) is 2.49. The third-order valence-corrected chi connectivity index (χ3v) is 3.69. The summed E-state index contributed by atoms with van der Waals surface area (Å²) in [6.45, 7) is 6.68. The van der Waals surface area contributed by atoms with Gasteiger partial charge in [-0.2, -0.15) is 0 Å². The topological polar surface area (TPSA) is 21.3 Å². The van der Waals surface area contributed by atoms with Crippen molar-refractivity contribution in [2.45, 2.75) is 32.1 Å². The first-order valence-corrected chi connectivity index (χ1v) is 6.08. The number of hydrogen-bond acceptors (Lipinski definition) is 2. The number of methoxy groups -OCH3 is 1. The van der Waals surface area contributed by atoms with Crippen LogP contribution in [0, 0.1) is 0 Å². The monoisotopic (exact) mass is 219 g/mol. The van der Waals surface area contributed by atoms with Crippen molar-refractivity contribution in [1.29, 1.82) is 0 Å². The minimum absolute atomic E-state index is 0.233. The van der Waals surface area contributed by atoms with Gasteiger partial charge in [-0.15, -0.1) is 0 Å². The fraction of sp³-hybridized carbons (Fsp3) is 0.571. The molecule has 2 nitrogen and oxygen atoms in total. The van der Waals surface area contributed by atoms with Crippen LogP contribution in [0.3, 0.4) is 0 Å². The Bertz CT molecular complexity index is 367. The van der Waals surface area contributed by atoms with Crippen molar-refractivity contribution in [2.75, 3.05) is 20.2 Å². The van der Waals surface area contributed by atoms with Gasteiger partial charge in [0.05, 0.1) is 7.11 Å². The van der Waals surface area contributed by atoms with Gasteiger partial charge in [-0.3, -0.25) is 0 Å². The second-order valence-electron chi connectivity index (χ2n) is 4.88. The first-order valence-electron chi connectivity index (χ1n) is 6.08. The summed E-state index contributed by atoms with van der Waals surface area (Å²) < 4.78 is 5.49. The Morgan fingerprint density at radius 1 is 1.44 bits per heavy atom. The summed E-state index contributed by atoms with van der Waals surface area (Å²) in [6.07, 6.45) is 2.27. The molecule has 1 fully saturated rings. The van der Waals surface area contributed by atoms with E-state index < -0.39 is 0 Å². The molecule has 0 saturated carbocycles. The van der Waals surface area contributed by atoms with Crippen molar-refractivity contribution < 1.29 is 4.74 Å². The zero-order chi connectivity index (χ0) is 11.6. The lowest BCUT2D eigenvalue weighted by molar-refractivity contribution is 0.391. The quantitative estimate of drug-likeness (QED) is 0.843. The van der Waals surface area contributed by atoms with Gasteiger partial charge in [0.1, 0.15) is 5.75 Å². The van der Waals surface area contributed by atoms with E-state index in [0.717, 1.165) is 25.3 Å². The molecule has 1 heterocycles. The molecular formula is C14H21NO. The highest BCUT2D eigenvalue weighted by atomic mass is 16.5. The third kappa shape index (κ3) is 1.94. The van der Waals surface area contributed by atoms with Gasteiger partial charge < -0.3 is 10.1 Å². The molecule has 0 radical (unpaired) electrons. The standard InChI is InChI=1S/C14H21NO/c1-4-11-5-6-13(16-3)12(9-11)14(2)7-8-15-10-14/h5-6,9,15H,4,7-8,10H2,1-3H3. The van der Waals surface area contributed by atoms with E-state index in [1.165, 1.54) is 17.5 Å². The molecule has 0 bridgehead atoms. The summed E-state index contributed by atoms with van der Waals surface area (Å²) in [4.78, 5) is 0. The lowest BCUT2D eigenvalue weighted by Crippen LogP contribution is -2.25. The van der Waals surface area contributed by atoms with E-state index in [0.29, 0.717) is 0 Å². The van der Waals surface area contributed by atoms with Crippen LogP contribution < -0.4 is 10.1 Å². The predicted molar refractivity (Wildman–Crippen MR) is 67.2 cm³/mol. The number of benzene rings is 1. The molecule has 0 spiro atoms. The minimum Gasteiger partial charge on any atom is -0.496 e. The zero-order valence-electron chi connectivity index (χ0n) is 10.5. The Kier molecular flexibility index (Phi) is 3.20. The van der Waals surface area contributed by atoms with E-state index in [-0.39, 0.29) is 5.41 Å². The van der Waals surface area contributed by atoms with Gasteiger partial charge in [0.2, 0.25) is 0 Å². The average molecular weight is 219 g/mol. The number of aryl methyl sites for hydroxylation is 1. The van der Waals surface area contributed by atoms with Gasteiger partial charge in [-0.25, -0.2) is 0 Å². The maximum absolute atomic E-state index is 5.49. The Balaban J connectivity index is 2.43. The van der Waals surface area contributed by atoms with Crippen LogP contribution in [-0.2, 0) is 11.8 Å². The lowest BCUT2D eigenvalue weighted by atomic mass is 9.80. The number of nitrogens with one attached hydrogen (secondary N) is 1. The van der Waals surface area contributed by atoms with Crippen molar-refractivity contribution in [1.82, 2.24) is 5.32 Å². The Hall–Kier alpha value is -1.02. The summed E-state index contributed by atoms with van der Waals surface area (Å²) in [5.41, 5.74) is 2.99. The number of rotatable bonds is 3. The molecule has 1 saturated heterocycles. The van der Waals surface area contributed by atoms with E-state index in [1.807, 2.05) is 0 Å². The second kappa shape index (κ2) is 4.46. The SMILES string of the molecule is CCc1ccc(OC)c(C2(C)CCNC2)c1. The molecule has 1 aromatic carbocycles. The largest absolute Gasteiger partial charge is 0.496 e. The fourth-order valence-electron chi connectivity index (χ4n) is 2.49. The van der Waals surface area contributed by atoms with E-state index in [1.54, 1.807) is 7.11 Å². The van der Waals surface area contributed by atoms with E-state index >= 15 is 0 Å². The smallest absolute Gasteiger partial charge is 0.122 e. The molecule has 1 aromatic rings. The Morgan fingerprint density at radius 3 is 2.81 bits per heavy atom. The molecule has 1 aliphatic rings. The molecule has 1 unspecified atom stereocenters. The molecule has 0 aliphatic carbocycles. The molecule has 88 valence electrons. The molecule has 0 aromatic heterocycles. The summed E-state index contributed by atoms with van der Waals surface area (Å²) in [5.74, 6) is 1.03. The molecule has 1 N–H and O–H groups in total. The van der Waals surface area contributed by atoms with E-state index in [2.05, 4.69) is 37.4 Å². The molecule has 0 amide bonds. The molecule has 1 atom stereocenters. The number of hydrogen-bond donors (Lipinski definition) is 1. The molecule has 16 heavy (non-hydrogen) atoms. The predicted octanol–water partition coefficient (Wildman–Crippen LogP) is 2.51. The molecule has 1 aliphatic heterocycles. The summed E-state index contributed by atoms with van der Waals surface area (Å²) in [7, 11) is 1.76. The van der Waals surface area contributed by atoms with E-state index in [9.17, 15) is 0 Å². The van der Waals surface area contributed by atoms with Crippen LogP contribution in [-0.4, -0.2) is 20.2 Å². The van der Waals surface area contributed by atoms with Crippen molar-refractivity contribution in [3.63, 3.8) is 0 Å². The average Bonchev–Trinajstić information content (AvgIpc) is 2.76. The first-order chi connectivity index (χ1) is 7.69. The van der Waals surface area contributed by atoms with Gasteiger partial charge in [0, 0.05) is 17.5 Å². The van der Waals surface area contributed by atoms with Crippen LogP contribution in [0.2, 0.25) is 0 Å². The highest BCUT2D eigenvalue weighted by molar-refractivity contribution is 5.43.